The van der Waals surface area contributed by atoms with Crippen LogP contribution >= 0.6 is 0 Å². The van der Waals surface area contributed by atoms with E-state index in [0.717, 1.165) is 23.2 Å². The average molecular weight is 414 g/mol. The van der Waals surface area contributed by atoms with Gasteiger partial charge in [-0.1, -0.05) is 6.42 Å². The Balaban J connectivity index is 1.47. The van der Waals surface area contributed by atoms with E-state index in [-0.39, 0.29) is 5.91 Å². The van der Waals surface area contributed by atoms with Gasteiger partial charge in [-0.15, -0.1) is 0 Å². The average Bonchev–Trinajstić information content (AvgIpc) is 3.18. The number of carbonyl (C=O) groups is 1. The number of carbonyl (C=O) groups excluding carboxylic acids is 1. The molecule has 1 aromatic carbocycles. The van der Waals surface area contributed by atoms with Gasteiger partial charge in [0.2, 0.25) is 5.91 Å². The molecule has 2 aliphatic heterocycles. The highest BCUT2D eigenvalue weighted by Crippen LogP contribution is 2.31. The first-order valence-corrected chi connectivity index (χ1v) is 11.3. The van der Waals surface area contributed by atoms with Crippen molar-refractivity contribution in [3.05, 3.63) is 30.5 Å². The molecule has 0 radical (unpaired) electrons. The lowest BCUT2D eigenvalue weighted by Gasteiger charge is -2.45. The maximum absolute atomic E-state index is 13.3. The van der Waals surface area contributed by atoms with Crippen molar-refractivity contribution < 1.29 is 14.3 Å². The van der Waals surface area contributed by atoms with Crippen molar-refractivity contribution in [3.8, 4) is 5.75 Å². The first-order chi connectivity index (χ1) is 14.7. The van der Waals surface area contributed by atoms with Crippen LogP contribution in [0.3, 0.4) is 0 Å². The molecule has 0 N–H and O–H groups in total. The standard InChI is InChI=1S/C24H35N3O3/c1-29-15-14-27(17-20-6-5-12-25-11-4-3-7-22(20)25)24(28)18-26-13-10-19-16-21(30-2)8-9-23(19)26/h8-10,13,16,20,22H,3-7,11-12,14-15,17-18H2,1-2H3/t20-,22+/m0/s1. The van der Waals surface area contributed by atoms with Crippen LogP contribution in [-0.4, -0.2) is 73.3 Å². The zero-order chi connectivity index (χ0) is 20.9. The number of fused-ring (bicyclic) bond motifs is 2. The molecule has 1 aromatic heterocycles. The predicted octanol–water partition coefficient (Wildman–Crippen LogP) is 3.39. The van der Waals surface area contributed by atoms with Crippen molar-refractivity contribution in [1.29, 1.82) is 0 Å². The summed E-state index contributed by atoms with van der Waals surface area (Å²) in [6, 6.07) is 8.68. The normalized spacial score (nSPS) is 22.1. The van der Waals surface area contributed by atoms with E-state index in [2.05, 4.69) is 4.90 Å². The van der Waals surface area contributed by atoms with Crippen molar-refractivity contribution in [1.82, 2.24) is 14.4 Å². The summed E-state index contributed by atoms with van der Waals surface area (Å²) in [7, 11) is 3.38. The second-order valence-corrected chi connectivity index (χ2v) is 8.70. The van der Waals surface area contributed by atoms with E-state index in [9.17, 15) is 4.79 Å². The Morgan fingerprint density at radius 2 is 2.00 bits per heavy atom. The summed E-state index contributed by atoms with van der Waals surface area (Å²) >= 11 is 0. The van der Waals surface area contributed by atoms with Gasteiger partial charge >= 0.3 is 0 Å². The van der Waals surface area contributed by atoms with Gasteiger partial charge in [-0.05, 0) is 69.0 Å². The molecule has 6 nitrogen and oxygen atoms in total. The number of piperidine rings is 2. The summed E-state index contributed by atoms with van der Waals surface area (Å²) in [6.45, 7) is 4.90. The minimum absolute atomic E-state index is 0.174. The maximum atomic E-state index is 13.3. The number of aromatic nitrogens is 1. The highest BCUT2D eigenvalue weighted by molar-refractivity contribution is 5.84. The minimum Gasteiger partial charge on any atom is -0.497 e. The Hall–Kier alpha value is -2.05. The molecule has 0 unspecified atom stereocenters. The van der Waals surface area contributed by atoms with Crippen LogP contribution in [0.5, 0.6) is 5.75 Å². The first kappa shape index (κ1) is 21.2. The summed E-state index contributed by atoms with van der Waals surface area (Å²) in [4.78, 5) is 18.0. The van der Waals surface area contributed by atoms with E-state index in [4.69, 9.17) is 9.47 Å². The van der Waals surface area contributed by atoms with E-state index in [1.165, 1.54) is 45.2 Å². The number of nitrogens with zero attached hydrogens (tertiary/aromatic N) is 3. The quantitative estimate of drug-likeness (QED) is 0.666. The molecular weight excluding hydrogens is 378 g/mol. The van der Waals surface area contributed by atoms with Crippen molar-refractivity contribution in [2.24, 2.45) is 5.92 Å². The minimum atomic E-state index is 0.174. The lowest BCUT2D eigenvalue weighted by molar-refractivity contribution is -0.133. The molecule has 1 amide bonds. The van der Waals surface area contributed by atoms with Gasteiger partial charge < -0.3 is 23.8 Å². The molecule has 2 saturated heterocycles. The Bertz CT molecular complexity index is 847. The van der Waals surface area contributed by atoms with E-state index in [1.54, 1.807) is 14.2 Å². The van der Waals surface area contributed by atoms with E-state index >= 15 is 0 Å². The zero-order valence-electron chi connectivity index (χ0n) is 18.4. The fourth-order valence-corrected chi connectivity index (χ4v) is 5.28. The molecule has 2 atom stereocenters. The topological polar surface area (TPSA) is 46.9 Å². The van der Waals surface area contributed by atoms with Crippen molar-refractivity contribution in [2.75, 3.05) is 47.0 Å². The highest BCUT2D eigenvalue weighted by Gasteiger charge is 2.34. The Labute approximate surface area is 179 Å². The van der Waals surface area contributed by atoms with Gasteiger partial charge in [-0.25, -0.2) is 0 Å². The molecule has 2 aromatic rings. The van der Waals surface area contributed by atoms with Gasteiger partial charge in [0.15, 0.2) is 0 Å². The van der Waals surface area contributed by atoms with Gasteiger partial charge in [-0.2, -0.15) is 0 Å². The van der Waals surface area contributed by atoms with Gasteiger partial charge in [0.25, 0.3) is 0 Å². The number of hydrogen-bond donors (Lipinski definition) is 0. The largest absolute Gasteiger partial charge is 0.497 e. The molecule has 0 bridgehead atoms. The predicted molar refractivity (Wildman–Crippen MR) is 119 cm³/mol. The fourth-order valence-electron chi connectivity index (χ4n) is 5.28. The number of benzene rings is 1. The van der Waals surface area contributed by atoms with Gasteiger partial charge in [0.1, 0.15) is 12.3 Å². The van der Waals surface area contributed by atoms with Crippen LogP contribution in [0, 0.1) is 5.92 Å². The summed E-state index contributed by atoms with van der Waals surface area (Å²) in [5, 5.41) is 1.09. The molecule has 0 saturated carbocycles. The Morgan fingerprint density at radius 3 is 2.83 bits per heavy atom. The van der Waals surface area contributed by atoms with E-state index in [0.29, 0.717) is 31.7 Å². The third-order valence-electron chi connectivity index (χ3n) is 6.89. The fraction of sp³-hybridized carbons (Fsp3) is 0.625. The van der Waals surface area contributed by atoms with Crippen LogP contribution in [0.25, 0.3) is 10.9 Å². The Kier molecular flexibility index (Phi) is 6.95. The molecule has 2 fully saturated rings. The van der Waals surface area contributed by atoms with E-state index < -0.39 is 0 Å². The monoisotopic (exact) mass is 413 g/mol. The molecule has 0 aliphatic carbocycles. The molecule has 6 heteroatoms. The van der Waals surface area contributed by atoms with Crippen LogP contribution in [0.4, 0.5) is 0 Å². The third-order valence-corrected chi connectivity index (χ3v) is 6.89. The molecular formula is C24H35N3O3. The summed E-state index contributed by atoms with van der Waals surface area (Å²) < 4.78 is 12.7. The summed E-state index contributed by atoms with van der Waals surface area (Å²) in [6.07, 6.45) is 8.40. The van der Waals surface area contributed by atoms with Crippen LogP contribution in [0.2, 0.25) is 0 Å². The number of hydrogen-bond acceptors (Lipinski definition) is 4. The van der Waals surface area contributed by atoms with Crippen LogP contribution in [0.1, 0.15) is 32.1 Å². The van der Waals surface area contributed by atoms with Gasteiger partial charge in [0.05, 0.1) is 13.7 Å². The summed E-state index contributed by atoms with van der Waals surface area (Å²) in [5.41, 5.74) is 1.06. The smallest absolute Gasteiger partial charge is 0.242 e. The van der Waals surface area contributed by atoms with Gasteiger partial charge in [-0.3, -0.25) is 4.79 Å². The second kappa shape index (κ2) is 9.84. The lowest BCUT2D eigenvalue weighted by atomic mass is 9.83. The van der Waals surface area contributed by atoms with E-state index in [1.807, 2.05) is 39.9 Å². The van der Waals surface area contributed by atoms with Crippen molar-refractivity contribution >= 4 is 16.8 Å². The maximum Gasteiger partial charge on any atom is 0.242 e. The number of rotatable bonds is 8. The molecule has 0 spiro atoms. The SMILES string of the molecule is COCCN(C[C@@H]1CCCN2CCCC[C@H]12)C(=O)Cn1ccc2cc(OC)ccc21. The van der Waals surface area contributed by atoms with Crippen molar-refractivity contribution in [3.63, 3.8) is 0 Å². The van der Waals surface area contributed by atoms with Crippen LogP contribution in [-0.2, 0) is 16.1 Å². The highest BCUT2D eigenvalue weighted by atomic mass is 16.5. The number of amides is 1. The third kappa shape index (κ3) is 4.65. The molecule has 3 heterocycles. The first-order valence-electron chi connectivity index (χ1n) is 11.3. The molecule has 4 rings (SSSR count). The molecule has 2 aliphatic rings. The summed E-state index contributed by atoms with van der Waals surface area (Å²) in [5.74, 6) is 1.58. The van der Waals surface area contributed by atoms with Gasteiger partial charge in [0, 0.05) is 43.3 Å². The van der Waals surface area contributed by atoms with Crippen molar-refractivity contribution in [2.45, 2.75) is 44.7 Å². The van der Waals surface area contributed by atoms with Crippen LogP contribution < -0.4 is 4.74 Å². The molecule has 164 valence electrons. The Morgan fingerprint density at radius 1 is 1.13 bits per heavy atom. The number of ether oxygens (including phenoxy) is 2. The molecule has 30 heavy (non-hydrogen) atoms. The zero-order valence-corrected chi connectivity index (χ0v) is 18.4. The lowest BCUT2D eigenvalue weighted by Crippen LogP contribution is -2.52. The number of methoxy groups -OCH3 is 2. The second-order valence-electron chi connectivity index (χ2n) is 8.70. The van der Waals surface area contributed by atoms with Crippen LogP contribution in [0.15, 0.2) is 30.5 Å².